The summed E-state index contributed by atoms with van der Waals surface area (Å²) >= 11 is 5.93. The van der Waals surface area contributed by atoms with Crippen molar-refractivity contribution in [2.24, 2.45) is 0 Å². The topological polar surface area (TPSA) is 94.2 Å². The van der Waals surface area contributed by atoms with Gasteiger partial charge in [0.15, 0.2) is 0 Å². The number of ether oxygens (including phenoxy) is 1. The Morgan fingerprint density at radius 1 is 1.02 bits per heavy atom. The lowest BCUT2D eigenvalue weighted by molar-refractivity contribution is 0.0260. The molecular formula is C28H30ClFN8O2. The molecule has 0 radical (unpaired) electrons. The van der Waals surface area contributed by atoms with Crippen LogP contribution in [0.15, 0.2) is 59.9 Å². The molecule has 0 aliphatic carbocycles. The SMILES string of the molecule is CN1CCC(n2cc(-c3cnc(N4CCO[C@H](Cn5nc(-c6ccc(F)c(Cl)c6)ccc5=O)C4)nc3)cn2)CC1. The quantitative estimate of drug-likeness (QED) is 0.351. The second kappa shape index (κ2) is 11.4. The summed E-state index contributed by atoms with van der Waals surface area (Å²) in [6, 6.07) is 7.82. The van der Waals surface area contributed by atoms with E-state index in [1.54, 1.807) is 12.1 Å². The summed E-state index contributed by atoms with van der Waals surface area (Å²) in [6.07, 6.45) is 9.51. The summed E-state index contributed by atoms with van der Waals surface area (Å²) < 4.78 is 23.0. The molecule has 2 fully saturated rings. The fourth-order valence-electron chi connectivity index (χ4n) is 5.17. The summed E-state index contributed by atoms with van der Waals surface area (Å²) in [5.41, 5.74) is 2.81. The van der Waals surface area contributed by atoms with Gasteiger partial charge in [0.2, 0.25) is 5.95 Å². The third-order valence-corrected chi connectivity index (χ3v) is 7.81. The Morgan fingerprint density at radius 3 is 2.60 bits per heavy atom. The minimum Gasteiger partial charge on any atom is -0.373 e. The monoisotopic (exact) mass is 564 g/mol. The van der Waals surface area contributed by atoms with E-state index in [4.69, 9.17) is 16.3 Å². The third kappa shape index (κ3) is 5.77. The fourth-order valence-corrected chi connectivity index (χ4v) is 5.35. The first-order valence-electron chi connectivity index (χ1n) is 13.4. The molecule has 208 valence electrons. The summed E-state index contributed by atoms with van der Waals surface area (Å²) in [5.74, 6) is 0.0992. The molecule has 0 saturated carbocycles. The van der Waals surface area contributed by atoms with Gasteiger partial charge >= 0.3 is 0 Å². The van der Waals surface area contributed by atoms with Crippen LogP contribution < -0.4 is 10.5 Å². The van der Waals surface area contributed by atoms with E-state index in [0.717, 1.165) is 37.1 Å². The van der Waals surface area contributed by atoms with Gasteiger partial charge in [0, 0.05) is 54.4 Å². The van der Waals surface area contributed by atoms with Crippen molar-refractivity contribution in [2.45, 2.75) is 31.5 Å². The van der Waals surface area contributed by atoms with Gasteiger partial charge in [0.05, 0.1) is 42.2 Å². The Labute approximate surface area is 236 Å². The molecule has 4 aromatic rings. The highest BCUT2D eigenvalue weighted by atomic mass is 35.5. The van der Waals surface area contributed by atoms with Gasteiger partial charge < -0.3 is 14.5 Å². The van der Waals surface area contributed by atoms with Crippen molar-refractivity contribution in [3.63, 3.8) is 0 Å². The van der Waals surface area contributed by atoms with Gasteiger partial charge in [-0.15, -0.1) is 0 Å². The van der Waals surface area contributed by atoms with Crippen LogP contribution >= 0.6 is 11.6 Å². The summed E-state index contributed by atoms with van der Waals surface area (Å²) in [5, 5.41) is 9.08. The molecule has 12 heteroatoms. The second-order valence-electron chi connectivity index (χ2n) is 10.3. The lowest BCUT2D eigenvalue weighted by atomic mass is 10.1. The fraction of sp³-hybridized carbons (Fsp3) is 0.393. The molecule has 6 rings (SSSR count). The maximum Gasteiger partial charge on any atom is 0.266 e. The van der Waals surface area contributed by atoms with Crippen LogP contribution in [0.2, 0.25) is 5.02 Å². The molecule has 10 nitrogen and oxygen atoms in total. The van der Waals surface area contributed by atoms with Crippen LogP contribution in [0, 0.1) is 5.82 Å². The number of nitrogens with zero attached hydrogens (tertiary/aromatic N) is 8. The molecule has 2 aliphatic heterocycles. The van der Waals surface area contributed by atoms with E-state index in [-0.39, 0.29) is 23.2 Å². The number of benzene rings is 1. The Bertz CT molecular complexity index is 1530. The van der Waals surface area contributed by atoms with Crippen LogP contribution in [-0.4, -0.2) is 80.4 Å². The van der Waals surface area contributed by atoms with Crippen LogP contribution in [0.25, 0.3) is 22.4 Å². The van der Waals surface area contributed by atoms with Gasteiger partial charge in [-0.2, -0.15) is 10.2 Å². The number of piperidine rings is 1. The summed E-state index contributed by atoms with van der Waals surface area (Å²) in [7, 11) is 2.15. The van der Waals surface area contributed by atoms with Crippen molar-refractivity contribution < 1.29 is 9.13 Å². The van der Waals surface area contributed by atoms with E-state index < -0.39 is 5.82 Å². The van der Waals surface area contributed by atoms with Gasteiger partial charge in [-0.3, -0.25) is 9.48 Å². The van der Waals surface area contributed by atoms with Crippen molar-refractivity contribution in [1.82, 2.24) is 34.4 Å². The predicted molar refractivity (Wildman–Crippen MR) is 150 cm³/mol. The number of halogens is 2. The van der Waals surface area contributed by atoms with Gasteiger partial charge in [-0.25, -0.2) is 19.0 Å². The van der Waals surface area contributed by atoms with Gasteiger partial charge in [-0.1, -0.05) is 11.6 Å². The van der Waals surface area contributed by atoms with E-state index in [9.17, 15) is 9.18 Å². The molecule has 0 spiro atoms. The minimum absolute atomic E-state index is 0.000380. The molecule has 2 saturated heterocycles. The number of anilines is 1. The van der Waals surface area contributed by atoms with E-state index in [1.807, 2.05) is 18.6 Å². The molecule has 0 bridgehead atoms. The highest BCUT2D eigenvalue weighted by molar-refractivity contribution is 6.31. The average Bonchev–Trinajstić information content (AvgIpc) is 3.47. The predicted octanol–water partition coefficient (Wildman–Crippen LogP) is 3.53. The largest absolute Gasteiger partial charge is 0.373 e. The van der Waals surface area contributed by atoms with Gasteiger partial charge in [0.1, 0.15) is 5.82 Å². The first-order valence-corrected chi connectivity index (χ1v) is 13.8. The van der Waals surface area contributed by atoms with E-state index >= 15 is 0 Å². The maximum atomic E-state index is 13.6. The average molecular weight is 565 g/mol. The van der Waals surface area contributed by atoms with Crippen LogP contribution in [0.5, 0.6) is 0 Å². The van der Waals surface area contributed by atoms with Crippen molar-refractivity contribution >= 4 is 17.5 Å². The Kier molecular flexibility index (Phi) is 7.59. The Balaban J connectivity index is 1.12. The standard InChI is InChI=1S/C28H30ClFN8O2/c1-35-8-6-22(7-9-35)37-16-21(15-33-37)20-13-31-28(32-14-20)36-10-11-40-23(17-36)18-38-27(39)5-4-26(34-38)19-2-3-25(30)24(29)12-19/h2-5,12-16,22-23H,6-11,17-18H2,1H3/t23-/m0/s1. The second-order valence-corrected chi connectivity index (χ2v) is 10.7. The molecular weight excluding hydrogens is 535 g/mol. The number of morpholine rings is 1. The number of rotatable bonds is 6. The van der Waals surface area contributed by atoms with Crippen molar-refractivity contribution in [3.8, 4) is 22.4 Å². The Morgan fingerprint density at radius 2 is 1.82 bits per heavy atom. The number of hydrogen-bond donors (Lipinski definition) is 0. The zero-order valence-electron chi connectivity index (χ0n) is 22.2. The van der Waals surface area contributed by atoms with Crippen LogP contribution in [0.1, 0.15) is 18.9 Å². The minimum atomic E-state index is -0.507. The Hall–Kier alpha value is -3.67. The molecule has 0 N–H and O–H groups in total. The molecule has 0 amide bonds. The number of aromatic nitrogens is 6. The highest BCUT2D eigenvalue weighted by Gasteiger charge is 2.24. The number of likely N-dealkylation sites (tertiary alicyclic amines) is 1. The summed E-state index contributed by atoms with van der Waals surface area (Å²) in [6.45, 7) is 4.04. The van der Waals surface area contributed by atoms with E-state index in [1.165, 1.54) is 22.9 Å². The van der Waals surface area contributed by atoms with Crippen LogP contribution in [0.4, 0.5) is 10.3 Å². The molecule has 0 unspecified atom stereocenters. The summed E-state index contributed by atoms with van der Waals surface area (Å²) in [4.78, 5) is 26.2. The molecule has 40 heavy (non-hydrogen) atoms. The van der Waals surface area contributed by atoms with Gasteiger partial charge in [0.25, 0.3) is 5.56 Å². The van der Waals surface area contributed by atoms with Crippen molar-refractivity contribution in [1.29, 1.82) is 0 Å². The van der Waals surface area contributed by atoms with E-state index in [0.29, 0.717) is 42.9 Å². The lowest BCUT2D eigenvalue weighted by Crippen LogP contribution is -2.46. The smallest absolute Gasteiger partial charge is 0.266 e. The molecule has 2 aliphatic rings. The highest BCUT2D eigenvalue weighted by Crippen LogP contribution is 2.26. The molecule has 5 heterocycles. The van der Waals surface area contributed by atoms with Gasteiger partial charge in [-0.05, 0) is 57.2 Å². The molecule has 1 aromatic carbocycles. The zero-order chi connectivity index (χ0) is 27.6. The zero-order valence-corrected chi connectivity index (χ0v) is 22.9. The first-order chi connectivity index (χ1) is 19.4. The van der Waals surface area contributed by atoms with Crippen molar-refractivity contribution in [2.75, 3.05) is 44.7 Å². The van der Waals surface area contributed by atoms with Crippen molar-refractivity contribution in [3.05, 3.63) is 76.3 Å². The third-order valence-electron chi connectivity index (χ3n) is 7.52. The van der Waals surface area contributed by atoms with E-state index in [2.05, 4.69) is 47.9 Å². The molecule has 3 aromatic heterocycles. The molecule has 1 atom stereocenters. The first kappa shape index (κ1) is 26.5. The van der Waals surface area contributed by atoms with Crippen LogP contribution in [-0.2, 0) is 11.3 Å². The maximum absolute atomic E-state index is 13.6. The number of hydrogen-bond acceptors (Lipinski definition) is 8. The lowest BCUT2D eigenvalue weighted by Gasteiger charge is -2.33. The van der Waals surface area contributed by atoms with Crippen LogP contribution in [0.3, 0.4) is 0 Å². The normalized spacial score (nSPS) is 18.8.